The maximum Gasteiger partial charge on any atom is 0.262 e. The van der Waals surface area contributed by atoms with Crippen LogP contribution in [0.1, 0.15) is 21.8 Å². The molecule has 0 aliphatic carbocycles. The Bertz CT molecular complexity index is 1210. The number of nitrogens with zero attached hydrogens (tertiary/aromatic N) is 3. The van der Waals surface area contributed by atoms with Gasteiger partial charge in [0.2, 0.25) is 0 Å². The molecule has 2 aromatic carbocycles. The lowest BCUT2D eigenvalue weighted by Crippen LogP contribution is -2.40. The van der Waals surface area contributed by atoms with Gasteiger partial charge in [0.05, 0.1) is 28.0 Å². The number of hydrogen-bond donors (Lipinski definition) is 1. The van der Waals surface area contributed by atoms with Crippen molar-refractivity contribution in [2.45, 2.75) is 17.0 Å². The molecule has 0 saturated carbocycles. The van der Waals surface area contributed by atoms with Crippen molar-refractivity contribution < 1.29 is 13.2 Å². The fraction of sp³-hybridized carbons (Fsp3) is 0.238. The maximum absolute atomic E-state index is 13.1. The van der Waals surface area contributed by atoms with E-state index in [0.717, 1.165) is 5.56 Å². The predicted molar refractivity (Wildman–Crippen MR) is 119 cm³/mol. The van der Waals surface area contributed by atoms with Crippen LogP contribution in [0.25, 0.3) is 0 Å². The first-order chi connectivity index (χ1) is 14.8. The monoisotopic (exact) mass is 478 g/mol. The summed E-state index contributed by atoms with van der Waals surface area (Å²) in [5.41, 5.74) is 1.18. The van der Waals surface area contributed by atoms with E-state index in [1.807, 2.05) is 30.3 Å². The van der Waals surface area contributed by atoms with Crippen LogP contribution in [0.15, 0.2) is 66.1 Å². The zero-order valence-electron chi connectivity index (χ0n) is 16.6. The highest BCUT2D eigenvalue weighted by Gasteiger charge is 2.41. The Morgan fingerprint density at radius 2 is 1.84 bits per heavy atom. The standard InChI is InChI=1S/C21H20Cl2N4O3S/c1-26-12-19(24-13-26)31(29,30)27-10-16(14-6-3-2-4-7-14)18(11-27)25-21(28)15-8-5-9-17(22)20(15)23/h2-9,12-13,16,18H,10-11H2,1H3,(H,25,28)/t16-,18+/m0/s1. The molecule has 3 aromatic rings. The Balaban J connectivity index is 1.64. The van der Waals surface area contributed by atoms with Crippen molar-refractivity contribution in [1.82, 2.24) is 19.2 Å². The van der Waals surface area contributed by atoms with Gasteiger partial charge in [0, 0.05) is 32.3 Å². The molecule has 162 valence electrons. The second-order valence-electron chi connectivity index (χ2n) is 7.40. The van der Waals surface area contributed by atoms with Crippen LogP contribution in [0.5, 0.6) is 0 Å². The number of imidazole rings is 1. The number of amides is 1. The molecule has 7 nitrogen and oxygen atoms in total. The summed E-state index contributed by atoms with van der Waals surface area (Å²) in [5, 5.41) is 3.37. The van der Waals surface area contributed by atoms with Crippen LogP contribution in [-0.4, -0.2) is 47.3 Å². The first kappa shape index (κ1) is 21.8. The first-order valence-corrected chi connectivity index (χ1v) is 11.7. The minimum absolute atomic E-state index is 0.0216. The number of rotatable bonds is 5. The molecule has 4 rings (SSSR count). The van der Waals surface area contributed by atoms with E-state index >= 15 is 0 Å². The average Bonchev–Trinajstić information content (AvgIpc) is 3.38. The second-order valence-corrected chi connectivity index (χ2v) is 10.1. The van der Waals surface area contributed by atoms with Crippen molar-refractivity contribution in [1.29, 1.82) is 0 Å². The van der Waals surface area contributed by atoms with Crippen LogP contribution in [-0.2, 0) is 17.1 Å². The molecule has 1 saturated heterocycles. The fourth-order valence-corrected chi connectivity index (χ4v) is 5.57. The highest BCUT2D eigenvalue weighted by atomic mass is 35.5. The molecule has 0 spiro atoms. The maximum atomic E-state index is 13.1. The Morgan fingerprint density at radius 1 is 1.10 bits per heavy atom. The molecular weight excluding hydrogens is 459 g/mol. The summed E-state index contributed by atoms with van der Waals surface area (Å²) in [6.45, 7) is 0.333. The minimum atomic E-state index is -3.80. The van der Waals surface area contributed by atoms with E-state index in [-0.39, 0.29) is 39.6 Å². The molecule has 1 aliphatic rings. The lowest BCUT2D eigenvalue weighted by atomic mass is 9.94. The SMILES string of the molecule is Cn1cnc(S(=O)(=O)N2C[C@@H](NC(=O)c3cccc(Cl)c3Cl)[C@H](c3ccccc3)C2)c1. The van der Waals surface area contributed by atoms with Gasteiger partial charge in [0.1, 0.15) is 0 Å². The van der Waals surface area contributed by atoms with Gasteiger partial charge in [-0.15, -0.1) is 0 Å². The molecular formula is C21H20Cl2N4O3S. The number of halogens is 2. The van der Waals surface area contributed by atoms with E-state index in [1.54, 1.807) is 29.8 Å². The molecule has 0 bridgehead atoms. The first-order valence-electron chi connectivity index (χ1n) is 9.55. The van der Waals surface area contributed by atoms with Crippen LogP contribution >= 0.6 is 23.2 Å². The number of hydrogen-bond acceptors (Lipinski definition) is 4. The predicted octanol–water partition coefficient (Wildman–Crippen LogP) is 3.31. The topological polar surface area (TPSA) is 84.3 Å². The molecule has 1 aromatic heterocycles. The zero-order chi connectivity index (χ0) is 22.2. The van der Waals surface area contributed by atoms with E-state index < -0.39 is 22.0 Å². The summed E-state index contributed by atoms with van der Waals surface area (Å²) in [4.78, 5) is 16.9. The number of carbonyl (C=O) groups is 1. The van der Waals surface area contributed by atoms with Gasteiger partial charge in [0.15, 0.2) is 5.03 Å². The van der Waals surface area contributed by atoms with Crippen molar-refractivity contribution in [3.05, 3.63) is 82.2 Å². The third-order valence-electron chi connectivity index (χ3n) is 5.31. The molecule has 31 heavy (non-hydrogen) atoms. The summed E-state index contributed by atoms with van der Waals surface area (Å²) >= 11 is 12.2. The molecule has 10 heteroatoms. The molecule has 1 aliphatic heterocycles. The number of aryl methyl sites for hydroxylation is 1. The molecule has 0 unspecified atom stereocenters. The fourth-order valence-electron chi connectivity index (χ4n) is 3.73. The highest BCUT2D eigenvalue weighted by Crippen LogP contribution is 2.32. The van der Waals surface area contributed by atoms with Crippen molar-refractivity contribution in [3.63, 3.8) is 0 Å². The zero-order valence-corrected chi connectivity index (χ0v) is 18.9. The Labute approximate surface area is 190 Å². The average molecular weight is 479 g/mol. The lowest BCUT2D eigenvalue weighted by Gasteiger charge is -2.20. The van der Waals surface area contributed by atoms with E-state index in [1.165, 1.54) is 16.8 Å². The quantitative estimate of drug-likeness (QED) is 0.609. The van der Waals surface area contributed by atoms with Gasteiger partial charge in [-0.25, -0.2) is 13.4 Å². The number of carbonyl (C=O) groups excluding carboxylic acids is 1. The number of aromatic nitrogens is 2. The van der Waals surface area contributed by atoms with E-state index in [4.69, 9.17) is 23.2 Å². The molecule has 1 fully saturated rings. The van der Waals surface area contributed by atoms with Gasteiger partial charge in [-0.1, -0.05) is 59.6 Å². The van der Waals surface area contributed by atoms with Crippen molar-refractivity contribution in [3.8, 4) is 0 Å². The van der Waals surface area contributed by atoms with Gasteiger partial charge in [0.25, 0.3) is 15.9 Å². The number of sulfonamides is 1. The van der Waals surface area contributed by atoms with Gasteiger partial charge in [-0.3, -0.25) is 4.79 Å². The Hall–Kier alpha value is -2.39. The van der Waals surface area contributed by atoms with Crippen molar-refractivity contribution >= 4 is 39.1 Å². The minimum Gasteiger partial charge on any atom is -0.347 e. The number of nitrogens with one attached hydrogen (secondary N) is 1. The summed E-state index contributed by atoms with van der Waals surface area (Å²) in [5.74, 6) is -0.642. The molecule has 1 amide bonds. The van der Waals surface area contributed by atoms with E-state index in [0.29, 0.717) is 0 Å². The van der Waals surface area contributed by atoms with E-state index in [9.17, 15) is 13.2 Å². The lowest BCUT2D eigenvalue weighted by molar-refractivity contribution is 0.0936. The van der Waals surface area contributed by atoms with Gasteiger partial charge in [-0.05, 0) is 17.7 Å². The van der Waals surface area contributed by atoms with Crippen LogP contribution in [0.3, 0.4) is 0 Å². The molecule has 2 atom stereocenters. The summed E-state index contributed by atoms with van der Waals surface area (Å²) < 4.78 is 29.2. The van der Waals surface area contributed by atoms with Gasteiger partial charge in [-0.2, -0.15) is 4.31 Å². The smallest absolute Gasteiger partial charge is 0.262 e. The van der Waals surface area contributed by atoms with E-state index in [2.05, 4.69) is 10.3 Å². The third-order valence-corrected chi connectivity index (χ3v) is 7.85. The summed E-state index contributed by atoms with van der Waals surface area (Å²) in [6.07, 6.45) is 2.91. The summed E-state index contributed by atoms with van der Waals surface area (Å²) in [6, 6.07) is 13.9. The Kier molecular flexibility index (Phi) is 6.07. The summed E-state index contributed by atoms with van der Waals surface area (Å²) in [7, 11) is -2.10. The van der Waals surface area contributed by atoms with Crippen LogP contribution < -0.4 is 5.32 Å². The Morgan fingerprint density at radius 3 is 2.52 bits per heavy atom. The second kappa shape index (κ2) is 8.63. The largest absolute Gasteiger partial charge is 0.347 e. The normalized spacial score (nSPS) is 19.5. The van der Waals surface area contributed by atoms with Gasteiger partial charge >= 0.3 is 0 Å². The molecule has 0 radical (unpaired) electrons. The van der Waals surface area contributed by atoms with Crippen LogP contribution in [0, 0.1) is 0 Å². The van der Waals surface area contributed by atoms with Crippen LogP contribution in [0.2, 0.25) is 10.0 Å². The van der Waals surface area contributed by atoms with Crippen molar-refractivity contribution in [2.24, 2.45) is 7.05 Å². The van der Waals surface area contributed by atoms with Crippen molar-refractivity contribution in [2.75, 3.05) is 13.1 Å². The number of benzene rings is 2. The van der Waals surface area contributed by atoms with Crippen LogP contribution in [0.4, 0.5) is 0 Å². The highest BCUT2D eigenvalue weighted by molar-refractivity contribution is 7.89. The molecule has 1 N–H and O–H groups in total. The van der Waals surface area contributed by atoms with Gasteiger partial charge < -0.3 is 9.88 Å². The molecule has 2 heterocycles. The third kappa shape index (κ3) is 4.34.